The van der Waals surface area contributed by atoms with Crippen molar-refractivity contribution < 1.29 is 15.0 Å². The highest BCUT2D eigenvalue weighted by Gasteiger charge is 1.85. The Hall–Kier alpha value is -0.483. The average molecular weight is 104 g/mol. The van der Waals surface area contributed by atoms with Gasteiger partial charge in [0.05, 0.1) is 0 Å². The second kappa shape index (κ2) is 2.74. The lowest BCUT2D eigenvalue weighted by molar-refractivity contribution is 0.379. The molecule has 0 amide bonds. The van der Waals surface area contributed by atoms with Crippen molar-refractivity contribution in [3.05, 3.63) is 11.6 Å². The Labute approximate surface area is 37.5 Å². The van der Waals surface area contributed by atoms with Crippen molar-refractivity contribution in [3.8, 4) is 0 Å². The Kier molecular flexibility index (Phi) is 2.52. The minimum absolute atomic E-state index is 0.394. The molecule has 0 fully saturated rings. The number of aliphatic hydroxyl groups excluding tert-OH is 2. The minimum Gasteiger partial charge on any atom is -0.512 e. The highest BCUT2D eigenvalue weighted by atomic mass is 28.2. The topological polar surface area (TPSA) is 60.7 Å². The smallest absolute Gasteiger partial charge is 0.315 e. The molecule has 2 radical (unpaired) electrons. The Bertz CT molecular complexity index is 59.8. The largest absolute Gasteiger partial charge is 0.512 e. The lowest BCUT2D eigenvalue weighted by Crippen LogP contribution is -1.91. The molecular formula is C2H4O3Si. The Morgan fingerprint density at radius 3 is 2.17 bits per heavy atom. The first-order valence-corrected chi connectivity index (χ1v) is 2.19. The fraction of sp³-hybridized carbons (Fsp3) is 0. The van der Waals surface area contributed by atoms with Crippen LogP contribution >= 0.6 is 0 Å². The fourth-order valence-corrected chi connectivity index (χ4v) is 0.0866. The van der Waals surface area contributed by atoms with Crippen molar-refractivity contribution in [2.75, 3.05) is 0 Å². The van der Waals surface area contributed by atoms with Crippen LogP contribution in [0.1, 0.15) is 0 Å². The molecule has 0 rings (SSSR count). The summed E-state index contributed by atoms with van der Waals surface area (Å²) in [5.74, 6) is 0. The molecule has 0 aromatic rings. The van der Waals surface area contributed by atoms with Gasteiger partial charge in [0, 0.05) is 0 Å². The van der Waals surface area contributed by atoms with Crippen LogP contribution in [0.2, 0.25) is 0 Å². The molecule has 0 aromatic heterocycles. The molecule has 0 aliphatic carbocycles. The van der Waals surface area contributed by atoms with Gasteiger partial charge in [0.25, 0.3) is 0 Å². The Morgan fingerprint density at radius 2 is 2.17 bits per heavy atom. The van der Waals surface area contributed by atoms with Gasteiger partial charge in [-0.25, -0.2) is 0 Å². The molecule has 4 heteroatoms. The molecule has 0 aromatic carbocycles. The van der Waals surface area contributed by atoms with Crippen LogP contribution in [0.3, 0.4) is 0 Å². The van der Waals surface area contributed by atoms with Gasteiger partial charge >= 0.3 is 9.76 Å². The number of aliphatic hydroxyl groups is 2. The quantitative estimate of drug-likeness (QED) is 0.311. The van der Waals surface area contributed by atoms with Crippen LogP contribution in [0, 0.1) is 0 Å². The van der Waals surface area contributed by atoms with E-state index < -0.39 is 15.1 Å². The van der Waals surface area contributed by atoms with Crippen molar-refractivity contribution >= 4 is 9.76 Å². The molecule has 3 N–H and O–H groups in total. The molecule has 0 spiro atoms. The van der Waals surface area contributed by atoms with E-state index in [2.05, 4.69) is 0 Å². The molecule has 0 atom stereocenters. The zero-order valence-electron chi connectivity index (χ0n) is 2.92. The number of hydrogen-bond acceptors (Lipinski definition) is 3. The molecule has 3 nitrogen and oxygen atoms in total. The summed E-state index contributed by atoms with van der Waals surface area (Å²) in [4.78, 5) is 7.88. The van der Waals surface area contributed by atoms with Gasteiger partial charge in [-0.2, -0.15) is 0 Å². The van der Waals surface area contributed by atoms with Crippen molar-refractivity contribution in [3.63, 3.8) is 0 Å². The summed E-state index contributed by atoms with van der Waals surface area (Å²) in [7, 11) is -0.702. The van der Waals surface area contributed by atoms with Gasteiger partial charge < -0.3 is 15.0 Å². The predicted molar refractivity (Wildman–Crippen MR) is 21.3 cm³/mol. The van der Waals surface area contributed by atoms with E-state index >= 15 is 0 Å². The molecule has 34 valence electrons. The van der Waals surface area contributed by atoms with E-state index in [1.54, 1.807) is 0 Å². The third-order valence-corrected chi connectivity index (χ3v) is 0.595. The first kappa shape index (κ1) is 5.52. The monoisotopic (exact) mass is 104 g/mol. The van der Waals surface area contributed by atoms with Crippen LogP contribution in [-0.4, -0.2) is 24.8 Å². The normalized spacial score (nSPS) is 11.8. The van der Waals surface area contributed by atoms with E-state index in [0.717, 1.165) is 0 Å². The lowest BCUT2D eigenvalue weighted by Gasteiger charge is -1.80. The van der Waals surface area contributed by atoms with Gasteiger partial charge in [0.15, 0.2) is 0 Å². The summed E-state index contributed by atoms with van der Waals surface area (Å²) < 4.78 is 0. The number of rotatable bonds is 1. The second-order valence-corrected chi connectivity index (χ2v) is 1.36. The molecule has 0 saturated carbocycles. The summed E-state index contributed by atoms with van der Waals surface area (Å²) >= 11 is 0. The third kappa shape index (κ3) is 1.80. The summed E-state index contributed by atoms with van der Waals surface area (Å²) in [6.07, 6.45) is 0.457. The van der Waals surface area contributed by atoms with Gasteiger partial charge in [-0.05, 0) is 0 Å². The Balaban J connectivity index is 3.22. The van der Waals surface area contributed by atoms with Gasteiger partial charge in [-0.15, -0.1) is 0 Å². The highest BCUT2D eigenvalue weighted by Crippen LogP contribution is 1.73. The van der Waals surface area contributed by atoms with Crippen LogP contribution in [0.5, 0.6) is 0 Å². The third-order valence-electron chi connectivity index (χ3n) is 0.237. The predicted octanol–water partition coefficient (Wildman–Crippen LogP) is -0.487. The molecule has 0 unspecified atom stereocenters. The molecular weight excluding hydrogens is 100 g/mol. The van der Waals surface area contributed by atoms with Crippen molar-refractivity contribution in [2.45, 2.75) is 0 Å². The first-order chi connectivity index (χ1) is 2.81. The van der Waals surface area contributed by atoms with E-state index in [1.165, 1.54) is 0 Å². The van der Waals surface area contributed by atoms with Crippen LogP contribution in [-0.2, 0) is 0 Å². The SMILES string of the molecule is O/C=C(/O)[Si]O. The summed E-state index contributed by atoms with van der Waals surface area (Å²) in [6, 6.07) is 0. The molecule has 0 heterocycles. The van der Waals surface area contributed by atoms with Crippen molar-refractivity contribution in [1.29, 1.82) is 0 Å². The standard InChI is InChI=1S/C2H4O3Si/c3-1-2(4)6-5/h1,3-5H/b2-1-. The maximum absolute atomic E-state index is 8.04. The van der Waals surface area contributed by atoms with Gasteiger partial charge in [-0.1, -0.05) is 0 Å². The maximum atomic E-state index is 8.04. The second-order valence-electron chi connectivity index (χ2n) is 0.626. The molecule has 0 aliphatic rings. The average Bonchev–Trinajstić information content (AvgIpc) is 1.65. The van der Waals surface area contributed by atoms with Crippen LogP contribution in [0.25, 0.3) is 0 Å². The van der Waals surface area contributed by atoms with E-state index in [9.17, 15) is 0 Å². The van der Waals surface area contributed by atoms with E-state index in [-0.39, 0.29) is 0 Å². The minimum atomic E-state index is -0.702. The first-order valence-electron chi connectivity index (χ1n) is 1.24. The van der Waals surface area contributed by atoms with Crippen molar-refractivity contribution in [1.82, 2.24) is 0 Å². The maximum Gasteiger partial charge on any atom is 0.315 e. The molecule has 0 aliphatic heterocycles. The zero-order valence-corrected chi connectivity index (χ0v) is 3.92. The van der Waals surface area contributed by atoms with E-state index in [4.69, 9.17) is 15.0 Å². The van der Waals surface area contributed by atoms with Crippen molar-refractivity contribution in [2.24, 2.45) is 0 Å². The fourth-order valence-electron chi connectivity index (χ4n) is 0.0289. The lowest BCUT2D eigenvalue weighted by atomic mass is 11.1. The Morgan fingerprint density at radius 1 is 1.67 bits per heavy atom. The van der Waals surface area contributed by atoms with Crippen LogP contribution in [0.4, 0.5) is 0 Å². The van der Waals surface area contributed by atoms with E-state index in [0.29, 0.717) is 6.26 Å². The molecule has 0 saturated heterocycles. The summed E-state index contributed by atoms with van der Waals surface area (Å²) in [5, 5.41) is 15.4. The molecule has 0 bridgehead atoms. The van der Waals surface area contributed by atoms with Gasteiger partial charge in [-0.3, -0.25) is 0 Å². The number of hydrogen-bond donors (Lipinski definition) is 3. The highest BCUT2D eigenvalue weighted by molar-refractivity contribution is 6.34. The summed E-state index contributed by atoms with van der Waals surface area (Å²) in [5.41, 5.74) is 0. The summed E-state index contributed by atoms with van der Waals surface area (Å²) in [6.45, 7) is 0. The van der Waals surface area contributed by atoms with E-state index in [1.807, 2.05) is 0 Å². The van der Waals surface area contributed by atoms with Gasteiger partial charge in [0.1, 0.15) is 11.6 Å². The molecule has 6 heavy (non-hydrogen) atoms. The van der Waals surface area contributed by atoms with Crippen LogP contribution in [0.15, 0.2) is 11.6 Å². The van der Waals surface area contributed by atoms with Gasteiger partial charge in [0.2, 0.25) is 0 Å². The zero-order chi connectivity index (χ0) is 4.99. The van der Waals surface area contributed by atoms with Crippen LogP contribution < -0.4 is 0 Å².